The summed E-state index contributed by atoms with van der Waals surface area (Å²) in [6, 6.07) is 0.256. The third-order valence-electron chi connectivity index (χ3n) is 3.23. The van der Waals surface area contributed by atoms with Gasteiger partial charge in [0.15, 0.2) is 0 Å². The van der Waals surface area contributed by atoms with Crippen molar-refractivity contribution >= 4 is 6.09 Å². The van der Waals surface area contributed by atoms with Gasteiger partial charge in [0.05, 0.1) is 6.61 Å². The largest absolute Gasteiger partial charge is 0.449 e. The number of carbonyl (C=O) groups is 1. The molecule has 1 unspecified atom stereocenters. The second-order valence-electron chi connectivity index (χ2n) is 5.03. The highest BCUT2D eigenvalue weighted by atomic mass is 16.6. The fourth-order valence-electron chi connectivity index (χ4n) is 2.11. The first-order valence-corrected chi connectivity index (χ1v) is 6.81. The normalized spacial score (nSPS) is 21.4. The number of carbonyl (C=O) groups excluding carboxylic acids is 1. The van der Waals surface area contributed by atoms with E-state index in [1.165, 1.54) is 0 Å². The number of ether oxygens (including phenoxy) is 1. The molecule has 1 amide bonds. The fourth-order valence-corrected chi connectivity index (χ4v) is 2.11. The lowest BCUT2D eigenvalue weighted by Gasteiger charge is -2.31. The Bertz CT molecular complexity index is 231. The molecular formula is C13H26N2O2. The molecule has 1 aliphatic heterocycles. The van der Waals surface area contributed by atoms with Crippen molar-refractivity contribution in [1.82, 2.24) is 10.2 Å². The summed E-state index contributed by atoms with van der Waals surface area (Å²) in [7, 11) is 0. The third kappa shape index (κ3) is 4.54. The number of hydrogen-bond donors (Lipinski definition) is 1. The van der Waals surface area contributed by atoms with E-state index in [9.17, 15) is 4.79 Å². The summed E-state index contributed by atoms with van der Waals surface area (Å²) >= 11 is 0. The molecule has 4 heteroatoms. The molecule has 1 N–H and O–H groups in total. The minimum absolute atomic E-state index is 0.138. The van der Waals surface area contributed by atoms with E-state index in [0.717, 1.165) is 38.9 Å². The maximum Gasteiger partial charge on any atom is 0.410 e. The van der Waals surface area contributed by atoms with Crippen LogP contribution in [0.15, 0.2) is 0 Å². The number of unbranched alkanes of at least 4 members (excludes halogenated alkanes) is 1. The van der Waals surface area contributed by atoms with E-state index in [-0.39, 0.29) is 12.1 Å². The predicted octanol–water partition coefficient (Wildman–Crippen LogP) is 2.24. The lowest BCUT2D eigenvalue weighted by molar-refractivity contribution is 0.0784. The Labute approximate surface area is 105 Å². The first-order valence-electron chi connectivity index (χ1n) is 6.81. The van der Waals surface area contributed by atoms with Crippen LogP contribution in [0.2, 0.25) is 0 Å². The van der Waals surface area contributed by atoms with E-state index in [0.29, 0.717) is 12.5 Å². The SMILES string of the molecule is CCCCOC(=O)N1CCCNCC1C(C)C. The number of hydrogen-bond acceptors (Lipinski definition) is 3. The van der Waals surface area contributed by atoms with Gasteiger partial charge >= 0.3 is 6.09 Å². The van der Waals surface area contributed by atoms with Crippen LogP contribution in [0.25, 0.3) is 0 Å². The van der Waals surface area contributed by atoms with Gasteiger partial charge in [0.1, 0.15) is 0 Å². The average Bonchev–Trinajstić information content (AvgIpc) is 2.54. The molecule has 100 valence electrons. The predicted molar refractivity (Wildman–Crippen MR) is 69.1 cm³/mol. The van der Waals surface area contributed by atoms with Crippen LogP contribution in [-0.4, -0.2) is 43.3 Å². The number of rotatable bonds is 4. The summed E-state index contributed by atoms with van der Waals surface area (Å²) in [6.45, 7) is 9.63. The molecule has 0 radical (unpaired) electrons. The summed E-state index contributed by atoms with van der Waals surface area (Å²) < 4.78 is 5.32. The molecule has 0 aromatic heterocycles. The lowest BCUT2D eigenvalue weighted by atomic mass is 10.0. The topological polar surface area (TPSA) is 41.6 Å². The van der Waals surface area contributed by atoms with Crippen LogP contribution in [0.5, 0.6) is 0 Å². The van der Waals surface area contributed by atoms with Crippen LogP contribution in [0.1, 0.15) is 40.0 Å². The Morgan fingerprint density at radius 3 is 2.94 bits per heavy atom. The molecule has 0 bridgehead atoms. The van der Waals surface area contributed by atoms with Gasteiger partial charge in [-0.2, -0.15) is 0 Å². The Morgan fingerprint density at radius 2 is 2.29 bits per heavy atom. The average molecular weight is 242 g/mol. The van der Waals surface area contributed by atoms with Crippen molar-refractivity contribution in [3.8, 4) is 0 Å². The minimum Gasteiger partial charge on any atom is -0.449 e. The minimum atomic E-state index is -0.138. The van der Waals surface area contributed by atoms with Crippen molar-refractivity contribution in [1.29, 1.82) is 0 Å². The highest BCUT2D eigenvalue weighted by Gasteiger charge is 2.28. The van der Waals surface area contributed by atoms with Crippen LogP contribution in [0, 0.1) is 5.92 Å². The molecule has 0 saturated carbocycles. The Kier molecular flexibility index (Phi) is 6.34. The van der Waals surface area contributed by atoms with E-state index in [2.05, 4.69) is 26.1 Å². The molecule has 1 aliphatic rings. The second kappa shape index (κ2) is 7.54. The van der Waals surface area contributed by atoms with Crippen LogP contribution in [0.4, 0.5) is 4.79 Å². The molecule has 1 atom stereocenters. The van der Waals surface area contributed by atoms with Crippen LogP contribution < -0.4 is 5.32 Å². The van der Waals surface area contributed by atoms with E-state index in [1.54, 1.807) is 0 Å². The molecule has 1 saturated heterocycles. The van der Waals surface area contributed by atoms with Crippen molar-refractivity contribution in [3.05, 3.63) is 0 Å². The van der Waals surface area contributed by atoms with Gasteiger partial charge in [0.2, 0.25) is 0 Å². The van der Waals surface area contributed by atoms with Gasteiger partial charge in [-0.05, 0) is 25.3 Å². The Balaban J connectivity index is 2.52. The molecule has 0 aromatic rings. The van der Waals surface area contributed by atoms with Gasteiger partial charge in [-0.15, -0.1) is 0 Å². The monoisotopic (exact) mass is 242 g/mol. The Hall–Kier alpha value is -0.770. The summed E-state index contributed by atoms with van der Waals surface area (Å²) in [5.74, 6) is 0.458. The summed E-state index contributed by atoms with van der Waals surface area (Å²) in [5.41, 5.74) is 0. The van der Waals surface area contributed by atoms with Gasteiger partial charge in [0.25, 0.3) is 0 Å². The zero-order valence-electron chi connectivity index (χ0n) is 11.4. The molecule has 1 fully saturated rings. The fraction of sp³-hybridized carbons (Fsp3) is 0.923. The van der Waals surface area contributed by atoms with Crippen LogP contribution in [0.3, 0.4) is 0 Å². The van der Waals surface area contributed by atoms with Gasteiger partial charge in [0, 0.05) is 19.1 Å². The maximum atomic E-state index is 12.0. The van der Waals surface area contributed by atoms with Gasteiger partial charge in [-0.25, -0.2) is 4.79 Å². The van der Waals surface area contributed by atoms with E-state index >= 15 is 0 Å². The first kappa shape index (κ1) is 14.3. The maximum absolute atomic E-state index is 12.0. The number of nitrogens with zero attached hydrogens (tertiary/aromatic N) is 1. The third-order valence-corrected chi connectivity index (χ3v) is 3.23. The molecule has 0 aromatic carbocycles. The highest BCUT2D eigenvalue weighted by molar-refractivity contribution is 5.68. The van der Waals surface area contributed by atoms with Gasteiger partial charge in [-0.3, -0.25) is 0 Å². The second-order valence-corrected chi connectivity index (χ2v) is 5.03. The van der Waals surface area contributed by atoms with Gasteiger partial charge < -0.3 is 15.0 Å². The highest BCUT2D eigenvalue weighted by Crippen LogP contribution is 2.14. The molecule has 1 rings (SSSR count). The lowest BCUT2D eigenvalue weighted by Crippen LogP contribution is -2.46. The van der Waals surface area contributed by atoms with Crippen molar-refractivity contribution in [3.63, 3.8) is 0 Å². The molecule has 0 spiro atoms. The zero-order valence-corrected chi connectivity index (χ0v) is 11.4. The molecule has 1 heterocycles. The summed E-state index contributed by atoms with van der Waals surface area (Å²) in [5, 5.41) is 3.38. The smallest absolute Gasteiger partial charge is 0.410 e. The molecule has 17 heavy (non-hydrogen) atoms. The van der Waals surface area contributed by atoms with Crippen LogP contribution >= 0.6 is 0 Å². The first-order chi connectivity index (χ1) is 8.16. The van der Waals surface area contributed by atoms with E-state index in [1.807, 2.05) is 4.90 Å². The van der Waals surface area contributed by atoms with Crippen molar-refractivity contribution in [2.45, 2.75) is 46.1 Å². The molecule has 0 aliphatic carbocycles. The summed E-state index contributed by atoms with van der Waals surface area (Å²) in [4.78, 5) is 13.9. The van der Waals surface area contributed by atoms with Crippen LogP contribution in [-0.2, 0) is 4.74 Å². The summed E-state index contributed by atoms with van der Waals surface area (Å²) in [6.07, 6.45) is 2.87. The number of nitrogens with one attached hydrogen (secondary N) is 1. The molecular weight excluding hydrogens is 216 g/mol. The van der Waals surface area contributed by atoms with Crippen molar-refractivity contribution in [2.75, 3.05) is 26.2 Å². The molecule has 4 nitrogen and oxygen atoms in total. The van der Waals surface area contributed by atoms with Crippen molar-refractivity contribution < 1.29 is 9.53 Å². The Morgan fingerprint density at radius 1 is 1.53 bits per heavy atom. The van der Waals surface area contributed by atoms with E-state index < -0.39 is 0 Å². The van der Waals surface area contributed by atoms with Gasteiger partial charge in [-0.1, -0.05) is 27.2 Å². The number of amides is 1. The zero-order chi connectivity index (χ0) is 12.7. The van der Waals surface area contributed by atoms with Crippen molar-refractivity contribution in [2.24, 2.45) is 5.92 Å². The quantitative estimate of drug-likeness (QED) is 0.769. The standard InChI is InChI=1S/C13H26N2O2/c1-4-5-9-17-13(16)15-8-6-7-14-10-12(15)11(2)3/h11-12,14H,4-10H2,1-3H3. The van der Waals surface area contributed by atoms with E-state index in [4.69, 9.17) is 4.74 Å².